The van der Waals surface area contributed by atoms with E-state index in [4.69, 9.17) is 21.9 Å². The number of nitrogens with two attached hydrogens (primary N) is 1. The van der Waals surface area contributed by atoms with Crippen LogP contribution < -0.4 is 16.6 Å². The summed E-state index contributed by atoms with van der Waals surface area (Å²) in [5.74, 6) is 6.54. The van der Waals surface area contributed by atoms with E-state index in [-0.39, 0.29) is 17.6 Å². The van der Waals surface area contributed by atoms with Crippen molar-refractivity contribution in [2.75, 3.05) is 22.3 Å². The van der Waals surface area contributed by atoms with E-state index < -0.39 is 0 Å². The molecule has 3 rings (SSSR count). The number of amides is 1. The molecular weight excluding hydrogens is 378 g/mol. The van der Waals surface area contributed by atoms with E-state index >= 15 is 0 Å². The lowest BCUT2D eigenvalue weighted by molar-refractivity contribution is -0.113. The summed E-state index contributed by atoms with van der Waals surface area (Å²) in [5, 5.41) is 15.3. The Kier molecular flexibility index (Phi) is 5.77. The summed E-state index contributed by atoms with van der Waals surface area (Å²) in [5.41, 5.74) is 3.19. The summed E-state index contributed by atoms with van der Waals surface area (Å²) in [4.78, 5) is 12.0. The average Bonchev–Trinajstić information content (AvgIpc) is 3.26. The second-order valence-corrected chi connectivity index (χ2v) is 6.23. The molecule has 0 radical (unpaired) electrons. The van der Waals surface area contributed by atoms with Gasteiger partial charge in [0.25, 0.3) is 5.95 Å². The van der Waals surface area contributed by atoms with Crippen molar-refractivity contribution >= 4 is 47.1 Å². The summed E-state index contributed by atoms with van der Waals surface area (Å²) >= 11 is 7.13. The maximum Gasteiger partial charge on any atom is 0.264 e. The lowest BCUT2D eigenvalue weighted by Crippen LogP contribution is -2.17. The van der Waals surface area contributed by atoms with E-state index in [0.29, 0.717) is 21.6 Å². The van der Waals surface area contributed by atoms with Crippen molar-refractivity contribution in [2.45, 2.75) is 5.16 Å². The molecule has 0 aliphatic heterocycles. The second-order valence-electron chi connectivity index (χ2n) is 4.88. The highest BCUT2D eigenvalue weighted by atomic mass is 35.5. The lowest BCUT2D eigenvalue weighted by Gasteiger charge is -2.06. The number of carbonyl (C=O) groups excluding carboxylic acids is 1. The molecule has 134 valence electrons. The van der Waals surface area contributed by atoms with Crippen LogP contribution in [0.3, 0.4) is 0 Å². The van der Waals surface area contributed by atoms with Crippen LogP contribution in [0.15, 0.2) is 57.3 Å². The Bertz CT molecular complexity index is 911. The van der Waals surface area contributed by atoms with E-state index in [0.717, 1.165) is 11.8 Å². The zero-order valence-corrected chi connectivity index (χ0v) is 14.9. The van der Waals surface area contributed by atoms with Crippen LogP contribution in [0.5, 0.6) is 0 Å². The molecule has 1 amide bonds. The molecule has 0 aliphatic carbocycles. The van der Waals surface area contributed by atoms with Crippen LogP contribution in [-0.2, 0) is 4.79 Å². The summed E-state index contributed by atoms with van der Waals surface area (Å²) in [6, 6.07) is 10.5. The second kappa shape index (κ2) is 8.41. The van der Waals surface area contributed by atoms with Gasteiger partial charge in [-0.3, -0.25) is 4.79 Å². The SMILES string of the molecule is Nn1c(N/N=C/c2ccco2)nnc1SCC(=O)Nc1ccccc1Cl. The number of rotatable bonds is 7. The van der Waals surface area contributed by atoms with Gasteiger partial charge < -0.3 is 15.6 Å². The fourth-order valence-electron chi connectivity index (χ4n) is 1.85. The first-order valence-corrected chi connectivity index (χ1v) is 8.70. The van der Waals surface area contributed by atoms with Crippen molar-refractivity contribution < 1.29 is 9.21 Å². The quantitative estimate of drug-likeness (QED) is 0.244. The number of halogens is 1. The Morgan fingerprint density at radius 3 is 2.96 bits per heavy atom. The number of aromatic nitrogens is 3. The summed E-state index contributed by atoms with van der Waals surface area (Å²) in [7, 11) is 0. The normalized spacial score (nSPS) is 11.0. The van der Waals surface area contributed by atoms with Crippen LogP contribution in [0.4, 0.5) is 11.6 Å². The van der Waals surface area contributed by atoms with E-state index in [1.165, 1.54) is 17.2 Å². The molecular formula is C15H14ClN7O2S. The van der Waals surface area contributed by atoms with E-state index in [1.807, 2.05) is 0 Å². The molecule has 2 aromatic heterocycles. The third-order valence-electron chi connectivity index (χ3n) is 3.04. The molecule has 26 heavy (non-hydrogen) atoms. The highest BCUT2D eigenvalue weighted by molar-refractivity contribution is 7.99. The van der Waals surface area contributed by atoms with Gasteiger partial charge in [-0.05, 0) is 24.3 Å². The molecule has 9 nitrogen and oxygen atoms in total. The van der Waals surface area contributed by atoms with Gasteiger partial charge in [-0.2, -0.15) is 5.10 Å². The molecule has 0 spiro atoms. The summed E-state index contributed by atoms with van der Waals surface area (Å²) in [6.45, 7) is 0. The van der Waals surface area contributed by atoms with Crippen molar-refractivity contribution in [3.8, 4) is 0 Å². The molecule has 0 atom stereocenters. The maximum absolute atomic E-state index is 12.0. The molecule has 4 N–H and O–H groups in total. The molecule has 11 heteroatoms. The van der Waals surface area contributed by atoms with Crippen LogP contribution in [0.2, 0.25) is 5.02 Å². The van der Waals surface area contributed by atoms with Gasteiger partial charge in [0.1, 0.15) is 5.76 Å². The molecule has 3 aromatic rings. The largest absolute Gasteiger partial charge is 0.463 e. The number of carbonyl (C=O) groups is 1. The topological polar surface area (TPSA) is 123 Å². The third-order valence-corrected chi connectivity index (χ3v) is 4.32. The molecule has 0 saturated carbocycles. The van der Waals surface area contributed by atoms with Crippen molar-refractivity contribution in [1.29, 1.82) is 0 Å². The molecule has 0 bridgehead atoms. The molecule has 0 aliphatic rings. The Labute approximate surface area is 157 Å². The van der Waals surface area contributed by atoms with Crippen LogP contribution in [0.1, 0.15) is 5.76 Å². The molecule has 1 aromatic carbocycles. The zero-order chi connectivity index (χ0) is 18.4. The number of nitrogens with one attached hydrogen (secondary N) is 2. The minimum atomic E-state index is -0.239. The van der Waals surface area contributed by atoms with Gasteiger partial charge >= 0.3 is 0 Å². The van der Waals surface area contributed by atoms with Gasteiger partial charge in [0.15, 0.2) is 0 Å². The number of para-hydroxylation sites is 1. The maximum atomic E-state index is 12.0. The number of anilines is 2. The van der Waals surface area contributed by atoms with Crippen molar-refractivity contribution in [2.24, 2.45) is 5.10 Å². The van der Waals surface area contributed by atoms with Gasteiger partial charge in [0.05, 0.1) is 28.9 Å². The standard InChI is InChI=1S/C15H14ClN7O2S/c16-11-5-1-2-6-12(11)19-13(24)9-26-15-22-21-14(23(15)17)20-18-8-10-4-3-7-25-10/h1-8H,9,17H2,(H,19,24)(H,20,21)/b18-8+. The first kappa shape index (κ1) is 17.8. The van der Waals surface area contributed by atoms with Crippen LogP contribution in [0.25, 0.3) is 0 Å². The number of nitrogens with zero attached hydrogens (tertiary/aromatic N) is 4. The van der Waals surface area contributed by atoms with Gasteiger partial charge in [-0.25, -0.2) is 10.1 Å². The Balaban J connectivity index is 1.53. The van der Waals surface area contributed by atoms with Crippen molar-refractivity contribution in [3.63, 3.8) is 0 Å². The van der Waals surface area contributed by atoms with Gasteiger partial charge in [-0.1, -0.05) is 35.5 Å². The van der Waals surface area contributed by atoms with Gasteiger partial charge in [-0.15, -0.1) is 10.2 Å². The predicted octanol–water partition coefficient (Wildman–Crippen LogP) is 2.42. The average molecular weight is 392 g/mol. The van der Waals surface area contributed by atoms with Crippen LogP contribution in [-0.4, -0.2) is 32.7 Å². The first-order valence-electron chi connectivity index (χ1n) is 7.34. The Hall–Kier alpha value is -2.98. The highest BCUT2D eigenvalue weighted by Gasteiger charge is 2.12. The number of nitrogen functional groups attached to an aromatic ring is 1. The number of hydrogen-bond acceptors (Lipinski definition) is 8. The molecule has 0 saturated heterocycles. The van der Waals surface area contributed by atoms with Gasteiger partial charge in [0.2, 0.25) is 11.1 Å². The van der Waals surface area contributed by atoms with Crippen molar-refractivity contribution in [3.05, 3.63) is 53.4 Å². The smallest absolute Gasteiger partial charge is 0.264 e. The fourth-order valence-corrected chi connectivity index (χ4v) is 2.69. The minimum absolute atomic E-state index is 0.0935. The number of thioether (sulfide) groups is 1. The Morgan fingerprint density at radius 2 is 2.19 bits per heavy atom. The molecule has 0 fully saturated rings. The van der Waals surface area contributed by atoms with Crippen LogP contribution >= 0.6 is 23.4 Å². The number of hydrogen-bond donors (Lipinski definition) is 3. The number of furan rings is 1. The summed E-state index contributed by atoms with van der Waals surface area (Å²) < 4.78 is 6.31. The van der Waals surface area contributed by atoms with Gasteiger partial charge in [0, 0.05) is 0 Å². The lowest BCUT2D eigenvalue weighted by atomic mass is 10.3. The van der Waals surface area contributed by atoms with E-state index in [2.05, 4.69) is 26.0 Å². The minimum Gasteiger partial charge on any atom is -0.463 e. The molecule has 2 heterocycles. The number of hydrazone groups is 1. The predicted molar refractivity (Wildman–Crippen MR) is 101 cm³/mol. The van der Waals surface area contributed by atoms with Crippen LogP contribution in [0, 0.1) is 0 Å². The van der Waals surface area contributed by atoms with E-state index in [1.54, 1.807) is 36.4 Å². The molecule has 0 unspecified atom stereocenters. The third kappa shape index (κ3) is 4.55. The highest BCUT2D eigenvalue weighted by Crippen LogP contribution is 2.22. The first-order chi connectivity index (χ1) is 12.6. The zero-order valence-electron chi connectivity index (χ0n) is 13.3. The monoisotopic (exact) mass is 391 g/mol. The van der Waals surface area contributed by atoms with Crippen molar-refractivity contribution in [1.82, 2.24) is 14.9 Å². The summed E-state index contributed by atoms with van der Waals surface area (Å²) in [6.07, 6.45) is 3.01. The fraction of sp³-hybridized carbons (Fsp3) is 0.0667. The van der Waals surface area contributed by atoms with E-state index in [9.17, 15) is 4.79 Å². The Morgan fingerprint density at radius 1 is 1.35 bits per heavy atom. The number of benzene rings is 1.